The van der Waals surface area contributed by atoms with Crippen molar-refractivity contribution < 1.29 is 19.0 Å². The van der Waals surface area contributed by atoms with Crippen molar-refractivity contribution in [1.29, 1.82) is 0 Å². The summed E-state index contributed by atoms with van der Waals surface area (Å²) < 4.78 is 17.4. The fraction of sp³-hybridized carbons (Fsp3) is 0.500. The Morgan fingerprint density at radius 1 is 1.31 bits per heavy atom. The third-order valence-electron chi connectivity index (χ3n) is 1.33. The van der Waals surface area contributed by atoms with E-state index in [0.717, 1.165) is 6.33 Å². The second kappa shape index (κ2) is 4.33. The fourth-order valence-electron chi connectivity index (χ4n) is 0.580. The molecule has 11 nitrogen and oxygen atoms in total. The molecule has 0 unspecified atom stereocenters. The maximum absolute atomic E-state index is 13.1. The number of nitrogens with zero attached hydrogens (tertiary/aromatic N) is 6. The van der Waals surface area contributed by atoms with Crippen LogP contribution in [0.2, 0.25) is 0 Å². The molecule has 0 fully saturated rings. The zero-order chi connectivity index (χ0) is 12.2. The molecule has 0 radical (unpaired) electrons. The summed E-state index contributed by atoms with van der Waals surface area (Å²) >= 11 is 0. The Bertz CT molecular complexity index is 385. The molecule has 0 spiro atoms. The molecule has 1 aromatic heterocycles. The van der Waals surface area contributed by atoms with Gasteiger partial charge in [0.05, 0.1) is 0 Å². The number of nitro groups is 2. The van der Waals surface area contributed by atoms with E-state index in [1.165, 1.54) is 0 Å². The van der Waals surface area contributed by atoms with E-state index >= 15 is 0 Å². The van der Waals surface area contributed by atoms with Crippen molar-refractivity contribution in [1.82, 2.24) is 20.4 Å². The molecule has 0 saturated carbocycles. The topological polar surface area (TPSA) is 147 Å². The van der Waals surface area contributed by atoms with Crippen LogP contribution in [-0.2, 0) is 0 Å². The van der Waals surface area contributed by atoms with E-state index in [9.17, 15) is 24.6 Å². The van der Waals surface area contributed by atoms with Gasteiger partial charge in [0.25, 0.3) is 6.61 Å². The summed E-state index contributed by atoms with van der Waals surface area (Å²) in [6.45, 7) is -1.49. The molecule has 0 aliphatic carbocycles. The van der Waals surface area contributed by atoms with E-state index < -0.39 is 28.4 Å². The number of hydrogen-bond donors (Lipinski definition) is 0. The first-order chi connectivity index (χ1) is 7.47. The van der Waals surface area contributed by atoms with Crippen molar-refractivity contribution >= 4 is 0 Å². The van der Waals surface area contributed by atoms with E-state index in [0.29, 0.717) is 0 Å². The molecule has 0 atom stereocenters. The Balaban J connectivity index is 2.72. The lowest BCUT2D eigenvalue weighted by molar-refractivity contribution is -0.831. The monoisotopic (exact) mass is 234 g/mol. The summed E-state index contributed by atoms with van der Waals surface area (Å²) in [4.78, 5) is 16.8. The standard InChI is InChI=1S/C4H3FN6O5/c5-4(10(12)13,11(14)15)1-16-3-8-6-2-7-9-3/h2H,1H2. The predicted octanol–water partition coefficient (Wildman–Crippen LogP) is -1.18. The minimum Gasteiger partial charge on any atom is -0.441 e. The van der Waals surface area contributed by atoms with Gasteiger partial charge in [0.15, 0.2) is 6.33 Å². The molecular formula is C4H3FN6O5. The molecule has 0 aliphatic heterocycles. The third-order valence-corrected chi connectivity index (χ3v) is 1.33. The number of alkyl halides is 1. The van der Waals surface area contributed by atoms with Crippen molar-refractivity contribution in [3.8, 4) is 6.01 Å². The van der Waals surface area contributed by atoms with Crippen molar-refractivity contribution in [2.45, 2.75) is 5.92 Å². The minimum absolute atomic E-state index is 0.603. The Morgan fingerprint density at radius 2 is 1.81 bits per heavy atom. The van der Waals surface area contributed by atoms with Crippen LogP contribution in [-0.4, -0.2) is 42.8 Å². The van der Waals surface area contributed by atoms with Gasteiger partial charge in [-0.15, -0.1) is 10.2 Å². The Hall–Kier alpha value is -2.53. The van der Waals surface area contributed by atoms with Gasteiger partial charge in [-0.1, -0.05) is 14.6 Å². The molecule has 0 aromatic carbocycles. The summed E-state index contributed by atoms with van der Waals surface area (Å²) in [5.41, 5.74) is 0. The normalized spacial score (nSPS) is 10.8. The van der Waals surface area contributed by atoms with Crippen LogP contribution in [0.25, 0.3) is 0 Å². The number of ether oxygens (including phenoxy) is 1. The predicted molar refractivity (Wildman–Crippen MR) is 40.9 cm³/mol. The highest BCUT2D eigenvalue weighted by Crippen LogP contribution is 2.13. The molecule has 0 aliphatic rings. The average Bonchev–Trinajstić information content (AvgIpc) is 2.26. The van der Waals surface area contributed by atoms with Gasteiger partial charge in [-0.05, 0) is 0 Å². The Kier molecular flexibility index (Phi) is 3.12. The molecular weight excluding hydrogens is 231 g/mol. The number of hydrogen-bond acceptors (Lipinski definition) is 9. The highest BCUT2D eigenvalue weighted by atomic mass is 19.2. The Morgan fingerprint density at radius 3 is 2.25 bits per heavy atom. The maximum Gasteiger partial charge on any atom is 0.648 e. The molecule has 86 valence electrons. The lowest BCUT2D eigenvalue weighted by Gasteiger charge is -2.07. The molecule has 0 N–H and O–H groups in total. The average molecular weight is 234 g/mol. The van der Waals surface area contributed by atoms with Crippen LogP contribution < -0.4 is 4.74 Å². The molecule has 0 bridgehead atoms. The second-order valence-corrected chi connectivity index (χ2v) is 2.35. The lowest BCUT2D eigenvalue weighted by atomic mass is 10.5. The first-order valence-corrected chi connectivity index (χ1v) is 3.58. The van der Waals surface area contributed by atoms with Gasteiger partial charge in [0, 0.05) is 0 Å². The van der Waals surface area contributed by atoms with E-state index in [1.54, 1.807) is 0 Å². The molecule has 16 heavy (non-hydrogen) atoms. The fourth-order valence-corrected chi connectivity index (χ4v) is 0.580. The molecule has 12 heteroatoms. The number of aromatic nitrogens is 4. The van der Waals surface area contributed by atoms with Crippen LogP contribution >= 0.6 is 0 Å². The highest BCUT2D eigenvalue weighted by molar-refractivity contribution is 4.81. The second-order valence-electron chi connectivity index (χ2n) is 2.35. The van der Waals surface area contributed by atoms with Gasteiger partial charge in [-0.3, -0.25) is 20.2 Å². The van der Waals surface area contributed by atoms with Crippen LogP contribution in [0.15, 0.2) is 6.33 Å². The van der Waals surface area contributed by atoms with Gasteiger partial charge >= 0.3 is 11.9 Å². The molecule has 1 rings (SSSR count). The summed E-state index contributed by atoms with van der Waals surface area (Å²) in [6, 6.07) is -0.603. The first-order valence-electron chi connectivity index (χ1n) is 3.58. The van der Waals surface area contributed by atoms with Crippen LogP contribution in [0.3, 0.4) is 0 Å². The van der Waals surface area contributed by atoms with Crippen molar-refractivity contribution in [2.75, 3.05) is 6.61 Å². The Labute approximate surface area is 85.6 Å². The smallest absolute Gasteiger partial charge is 0.441 e. The largest absolute Gasteiger partial charge is 0.648 e. The first kappa shape index (κ1) is 11.5. The zero-order valence-corrected chi connectivity index (χ0v) is 7.39. The van der Waals surface area contributed by atoms with E-state index in [2.05, 4.69) is 25.1 Å². The SMILES string of the molecule is O=[N+]([O-])C(F)(COc1nncnn1)[N+](=O)[O-]. The number of rotatable bonds is 5. The van der Waals surface area contributed by atoms with E-state index in [-0.39, 0.29) is 0 Å². The number of halogens is 1. The summed E-state index contributed by atoms with van der Waals surface area (Å²) in [5, 5.41) is 32.9. The highest BCUT2D eigenvalue weighted by Gasteiger charge is 2.59. The van der Waals surface area contributed by atoms with E-state index in [4.69, 9.17) is 0 Å². The van der Waals surface area contributed by atoms with E-state index in [1.807, 2.05) is 0 Å². The molecule has 0 amide bonds. The quantitative estimate of drug-likeness (QED) is 0.265. The van der Waals surface area contributed by atoms with Gasteiger partial charge in [0.2, 0.25) is 0 Å². The summed E-state index contributed by atoms with van der Waals surface area (Å²) in [6.07, 6.45) is 0.927. The van der Waals surface area contributed by atoms with Crippen LogP contribution in [0.1, 0.15) is 0 Å². The summed E-state index contributed by atoms with van der Waals surface area (Å²) in [5.74, 6) is -3.96. The molecule has 0 saturated heterocycles. The van der Waals surface area contributed by atoms with Gasteiger partial charge < -0.3 is 4.74 Å². The maximum atomic E-state index is 13.1. The summed E-state index contributed by atoms with van der Waals surface area (Å²) in [7, 11) is 0. The minimum atomic E-state index is -3.96. The van der Waals surface area contributed by atoms with Crippen molar-refractivity contribution in [3.63, 3.8) is 0 Å². The van der Waals surface area contributed by atoms with Crippen LogP contribution in [0.5, 0.6) is 6.01 Å². The van der Waals surface area contributed by atoms with Crippen LogP contribution in [0, 0.1) is 20.2 Å². The molecule has 1 aromatic rings. The van der Waals surface area contributed by atoms with Gasteiger partial charge in [-0.25, -0.2) is 0 Å². The van der Waals surface area contributed by atoms with Crippen LogP contribution in [0.4, 0.5) is 4.39 Å². The van der Waals surface area contributed by atoms with Gasteiger partial charge in [0.1, 0.15) is 9.85 Å². The van der Waals surface area contributed by atoms with Crippen molar-refractivity contribution in [3.05, 3.63) is 26.6 Å². The van der Waals surface area contributed by atoms with Crippen molar-refractivity contribution in [2.24, 2.45) is 0 Å². The molecule has 1 heterocycles. The zero-order valence-electron chi connectivity index (χ0n) is 7.39. The third kappa shape index (κ3) is 2.28. The van der Waals surface area contributed by atoms with Gasteiger partial charge in [-0.2, -0.15) is 0 Å². The lowest BCUT2D eigenvalue weighted by Crippen LogP contribution is -2.47.